The summed E-state index contributed by atoms with van der Waals surface area (Å²) in [6.07, 6.45) is 0. The van der Waals surface area contributed by atoms with Crippen molar-refractivity contribution in [1.82, 2.24) is 9.62 Å². The lowest BCUT2D eigenvalue weighted by Gasteiger charge is -2.17. The van der Waals surface area contributed by atoms with Crippen LogP contribution in [0.4, 0.5) is 0 Å². The second-order valence-electron chi connectivity index (χ2n) is 4.69. The standard InChI is InChI=1S/C14H22N2O4S/c1-5-16(3)14(17)13-10-12(7-6-11(13)2)21(18,19)15-8-9-20-4/h6-7,10,15H,5,8-9H2,1-4H3. The van der Waals surface area contributed by atoms with Crippen molar-refractivity contribution in [2.45, 2.75) is 18.7 Å². The Kier molecular flexibility index (Phi) is 6.32. The lowest BCUT2D eigenvalue weighted by molar-refractivity contribution is 0.0801. The molecule has 21 heavy (non-hydrogen) atoms. The topological polar surface area (TPSA) is 75.7 Å². The highest BCUT2D eigenvalue weighted by atomic mass is 32.2. The zero-order valence-corrected chi connectivity index (χ0v) is 13.7. The highest BCUT2D eigenvalue weighted by molar-refractivity contribution is 7.89. The molecule has 0 unspecified atom stereocenters. The van der Waals surface area contributed by atoms with E-state index < -0.39 is 10.0 Å². The normalized spacial score (nSPS) is 11.4. The van der Waals surface area contributed by atoms with Crippen LogP contribution >= 0.6 is 0 Å². The summed E-state index contributed by atoms with van der Waals surface area (Å²) in [7, 11) is -0.461. The number of nitrogens with one attached hydrogen (secondary N) is 1. The number of methoxy groups -OCH3 is 1. The number of carbonyl (C=O) groups is 1. The molecule has 0 aliphatic heterocycles. The largest absolute Gasteiger partial charge is 0.383 e. The zero-order chi connectivity index (χ0) is 16.0. The summed E-state index contributed by atoms with van der Waals surface area (Å²) in [5, 5.41) is 0. The molecule has 0 atom stereocenters. The quantitative estimate of drug-likeness (QED) is 0.762. The minimum atomic E-state index is -3.64. The first kappa shape index (κ1) is 17.6. The fraction of sp³-hybridized carbons (Fsp3) is 0.500. The second kappa shape index (κ2) is 7.53. The number of hydrogen-bond donors (Lipinski definition) is 1. The van der Waals surface area contributed by atoms with E-state index in [1.54, 1.807) is 20.0 Å². The minimum Gasteiger partial charge on any atom is -0.383 e. The smallest absolute Gasteiger partial charge is 0.253 e. The average molecular weight is 314 g/mol. The molecule has 0 heterocycles. The number of benzene rings is 1. The van der Waals surface area contributed by atoms with E-state index in [-0.39, 0.29) is 24.0 Å². The Morgan fingerprint density at radius 3 is 2.62 bits per heavy atom. The molecule has 0 fully saturated rings. The summed E-state index contributed by atoms with van der Waals surface area (Å²) in [6.45, 7) is 4.67. The van der Waals surface area contributed by atoms with Crippen LogP contribution in [0.25, 0.3) is 0 Å². The molecule has 7 heteroatoms. The van der Waals surface area contributed by atoms with Crippen molar-refractivity contribution in [3.05, 3.63) is 29.3 Å². The number of sulfonamides is 1. The van der Waals surface area contributed by atoms with Crippen LogP contribution < -0.4 is 4.72 Å². The third kappa shape index (κ3) is 4.52. The van der Waals surface area contributed by atoms with Gasteiger partial charge >= 0.3 is 0 Å². The predicted octanol–water partition coefficient (Wildman–Crippen LogP) is 1.01. The molecule has 0 radical (unpaired) electrons. The fourth-order valence-electron chi connectivity index (χ4n) is 1.71. The maximum atomic E-state index is 12.2. The summed E-state index contributed by atoms with van der Waals surface area (Å²) in [4.78, 5) is 13.8. The van der Waals surface area contributed by atoms with E-state index in [2.05, 4.69) is 4.72 Å². The van der Waals surface area contributed by atoms with Gasteiger partial charge in [0.25, 0.3) is 5.91 Å². The van der Waals surface area contributed by atoms with Crippen molar-refractivity contribution in [2.24, 2.45) is 0 Å². The van der Waals surface area contributed by atoms with E-state index in [9.17, 15) is 13.2 Å². The van der Waals surface area contributed by atoms with Crippen molar-refractivity contribution in [3.63, 3.8) is 0 Å². The van der Waals surface area contributed by atoms with Gasteiger partial charge in [0, 0.05) is 32.8 Å². The molecule has 0 spiro atoms. The molecule has 118 valence electrons. The van der Waals surface area contributed by atoms with Gasteiger partial charge in [0.2, 0.25) is 10.0 Å². The van der Waals surface area contributed by atoms with Gasteiger partial charge in [0.05, 0.1) is 11.5 Å². The van der Waals surface area contributed by atoms with Crippen molar-refractivity contribution in [2.75, 3.05) is 33.9 Å². The third-order valence-electron chi connectivity index (χ3n) is 3.17. The molecule has 1 amide bonds. The molecular weight excluding hydrogens is 292 g/mol. The molecule has 1 aromatic carbocycles. The zero-order valence-electron chi connectivity index (χ0n) is 12.8. The lowest BCUT2D eigenvalue weighted by Crippen LogP contribution is -2.29. The SMILES string of the molecule is CCN(C)C(=O)c1cc(S(=O)(=O)NCCOC)ccc1C. The maximum Gasteiger partial charge on any atom is 0.253 e. The van der Waals surface area contributed by atoms with Crippen LogP contribution in [0.15, 0.2) is 23.1 Å². The van der Waals surface area contributed by atoms with Crippen LogP contribution in [-0.4, -0.2) is 53.1 Å². The molecule has 0 bridgehead atoms. The number of rotatable bonds is 7. The number of ether oxygens (including phenoxy) is 1. The van der Waals surface area contributed by atoms with Gasteiger partial charge in [-0.05, 0) is 31.5 Å². The van der Waals surface area contributed by atoms with E-state index in [0.717, 1.165) is 5.56 Å². The van der Waals surface area contributed by atoms with Gasteiger partial charge in [-0.1, -0.05) is 6.07 Å². The maximum absolute atomic E-state index is 12.2. The van der Waals surface area contributed by atoms with Gasteiger partial charge < -0.3 is 9.64 Å². The second-order valence-corrected chi connectivity index (χ2v) is 6.45. The van der Waals surface area contributed by atoms with E-state index in [1.807, 2.05) is 6.92 Å². The van der Waals surface area contributed by atoms with Gasteiger partial charge in [-0.3, -0.25) is 4.79 Å². The van der Waals surface area contributed by atoms with Gasteiger partial charge in [-0.2, -0.15) is 0 Å². The molecule has 0 aliphatic carbocycles. The van der Waals surface area contributed by atoms with Crippen LogP contribution in [0.3, 0.4) is 0 Å². The Morgan fingerprint density at radius 1 is 1.38 bits per heavy atom. The monoisotopic (exact) mass is 314 g/mol. The molecular formula is C14H22N2O4S. The van der Waals surface area contributed by atoms with E-state index in [1.165, 1.54) is 24.1 Å². The number of aryl methyl sites for hydroxylation is 1. The van der Waals surface area contributed by atoms with Crippen molar-refractivity contribution in [3.8, 4) is 0 Å². The Balaban J connectivity index is 3.09. The molecule has 1 aromatic rings. The van der Waals surface area contributed by atoms with Gasteiger partial charge in [0.1, 0.15) is 0 Å². The number of hydrogen-bond acceptors (Lipinski definition) is 4. The summed E-state index contributed by atoms with van der Waals surface area (Å²) in [5.41, 5.74) is 1.14. The summed E-state index contributed by atoms with van der Waals surface area (Å²) in [5.74, 6) is -0.191. The average Bonchev–Trinajstić information content (AvgIpc) is 2.46. The number of amides is 1. The number of nitrogens with zero attached hydrogens (tertiary/aromatic N) is 1. The molecule has 0 saturated heterocycles. The highest BCUT2D eigenvalue weighted by Gasteiger charge is 2.19. The molecule has 6 nitrogen and oxygen atoms in total. The van der Waals surface area contributed by atoms with E-state index >= 15 is 0 Å². The van der Waals surface area contributed by atoms with Crippen molar-refractivity contribution < 1.29 is 17.9 Å². The van der Waals surface area contributed by atoms with Crippen LogP contribution in [0.2, 0.25) is 0 Å². The first-order valence-corrected chi connectivity index (χ1v) is 8.16. The molecule has 0 aliphatic rings. The minimum absolute atomic E-state index is 0.0806. The van der Waals surface area contributed by atoms with Gasteiger partial charge in [-0.15, -0.1) is 0 Å². The Bertz CT molecular complexity index is 599. The van der Waals surface area contributed by atoms with Crippen LogP contribution in [0.5, 0.6) is 0 Å². The first-order valence-electron chi connectivity index (χ1n) is 6.68. The molecule has 0 saturated carbocycles. The van der Waals surface area contributed by atoms with Crippen molar-refractivity contribution >= 4 is 15.9 Å². The molecule has 0 aromatic heterocycles. The Morgan fingerprint density at radius 2 is 2.05 bits per heavy atom. The van der Waals surface area contributed by atoms with Crippen molar-refractivity contribution in [1.29, 1.82) is 0 Å². The highest BCUT2D eigenvalue weighted by Crippen LogP contribution is 2.17. The third-order valence-corrected chi connectivity index (χ3v) is 4.63. The van der Waals surface area contributed by atoms with E-state index in [0.29, 0.717) is 12.1 Å². The lowest BCUT2D eigenvalue weighted by atomic mass is 10.1. The Labute approximate surface area is 126 Å². The van der Waals surface area contributed by atoms with Crippen LogP contribution in [-0.2, 0) is 14.8 Å². The fourth-order valence-corrected chi connectivity index (χ4v) is 2.75. The Hall–Kier alpha value is -1.44. The molecule has 1 rings (SSSR count). The summed E-state index contributed by atoms with van der Waals surface area (Å²) >= 11 is 0. The van der Waals surface area contributed by atoms with E-state index in [4.69, 9.17) is 4.74 Å². The van der Waals surface area contributed by atoms with Crippen LogP contribution in [0, 0.1) is 6.92 Å². The first-order chi connectivity index (χ1) is 9.83. The van der Waals surface area contributed by atoms with Gasteiger partial charge in [-0.25, -0.2) is 13.1 Å². The summed E-state index contributed by atoms with van der Waals surface area (Å²) < 4.78 is 31.5. The van der Waals surface area contributed by atoms with Crippen LogP contribution in [0.1, 0.15) is 22.8 Å². The van der Waals surface area contributed by atoms with Gasteiger partial charge in [0.15, 0.2) is 0 Å². The predicted molar refractivity (Wildman–Crippen MR) is 80.9 cm³/mol. The number of carbonyl (C=O) groups excluding carboxylic acids is 1. The summed E-state index contributed by atoms with van der Waals surface area (Å²) in [6, 6.07) is 4.55. The molecule has 1 N–H and O–H groups in total.